The summed E-state index contributed by atoms with van der Waals surface area (Å²) in [7, 11) is 0. The SMILES string of the molecule is Cc1cccc(CNC(=O)c2ccc(SCCN3CCOCC3)nc2)c1. The minimum Gasteiger partial charge on any atom is -0.379 e. The molecule has 0 aliphatic carbocycles. The van der Waals surface area contributed by atoms with Gasteiger partial charge in [-0.05, 0) is 24.6 Å². The van der Waals surface area contributed by atoms with Gasteiger partial charge in [-0.25, -0.2) is 4.98 Å². The van der Waals surface area contributed by atoms with Gasteiger partial charge in [0.15, 0.2) is 0 Å². The fourth-order valence-corrected chi connectivity index (χ4v) is 3.66. The second kappa shape index (κ2) is 9.71. The summed E-state index contributed by atoms with van der Waals surface area (Å²) in [5, 5.41) is 3.90. The molecule has 1 saturated heterocycles. The van der Waals surface area contributed by atoms with E-state index in [4.69, 9.17) is 4.74 Å². The van der Waals surface area contributed by atoms with Crippen molar-refractivity contribution in [3.63, 3.8) is 0 Å². The lowest BCUT2D eigenvalue weighted by atomic mass is 10.1. The van der Waals surface area contributed by atoms with Gasteiger partial charge in [-0.15, -0.1) is 11.8 Å². The van der Waals surface area contributed by atoms with Gasteiger partial charge in [0.1, 0.15) is 0 Å². The van der Waals surface area contributed by atoms with Crippen molar-refractivity contribution in [2.45, 2.75) is 18.5 Å². The van der Waals surface area contributed by atoms with Crippen LogP contribution in [0.3, 0.4) is 0 Å². The molecule has 0 bridgehead atoms. The number of benzene rings is 1. The van der Waals surface area contributed by atoms with Crippen LogP contribution in [0.1, 0.15) is 21.5 Å². The lowest BCUT2D eigenvalue weighted by Gasteiger charge is -2.26. The summed E-state index contributed by atoms with van der Waals surface area (Å²) in [6.45, 7) is 7.28. The van der Waals surface area contributed by atoms with E-state index < -0.39 is 0 Å². The molecule has 1 aliphatic heterocycles. The number of aryl methyl sites for hydroxylation is 1. The number of nitrogens with one attached hydrogen (secondary N) is 1. The number of carbonyl (C=O) groups excluding carboxylic acids is 1. The quantitative estimate of drug-likeness (QED) is 0.759. The molecular weight excluding hydrogens is 346 g/mol. The normalized spacial score (nSPS) is 15.0. The number of ether oxygens (including phenoxy) is 1. The van der Waals surface area contributed by atoms with E-state index in [1.807, 2.05) is 37.3 Å². The van der Waals surface area contributed by atoms with Crippen molar-refractivity contribution < 1.29 is 9.53 Å². The number of nitrogens with zero attached hydrogens (tertiary/aromatic N) is 2. The lowest BCUT2D eigenvalue weighted by Crippen LogP contribution is -2.37. The maximum absolute atomic E-state index is 12.3. The number of hydrogen-bond donors (Lipinski definition) is 1. The van der Waals surface area contributed by atoms with Crippen molar-refractivity contribution in [3.05, 3.63) is 59.3 Å². The van der Waals surface area contributed by atoms with E-state index in [2.05, 4.69) is 21.3 Å². The first-order chi connectivity index (χ1) is 12.7. The lowest BCUT2D eigenvalue weighted by molar-refractivity contribution is 0.0410. The third-order valence-corrected chi connectivity index (χ3v) is 5.22. The summed E-state index contributed by atoms with van der Waals surface area (Å²) < 4.78 is 5.36. The van der Waals surface area contributed by atoms with E-state index in [9.17, 15) is 4.79 Å². The number of carbonyl (C=O) groups is 1. The monoisotopic (exact) mass is 371 g/mol. The molecule has 1 N–H and O–H groups in total. The smallest absolute Gasteiger partial charge is 0.253 e. The largest absolute Gasteiger partial charge is 0.379 e. The molecule has 1 aromatic heterocycles. The van der Waals surface area contributed by atoms with Gasteiger partial charge in [0, 0.05) is 38.1 Å². The first-order valence-electron chi connectivity index (χ1n) is 8.93. The maximum atomic E-state index is 12.3. The molecule has 0 unspecified atom stereocenters. The first kappa shape index (κ1) is 18.9. The summed E-state index contributed by atoms with van der Waals surface area (Å²) >= 11 is 1.72. The molecule has 0 atom stereocenters. The zero-order valence-electron chi connectivity index (χ0n) is 15.1. The molecule has 138 valence electrons. The van der Waals surface area contributed by atoms with E-state index in [-0.39, 0.29) is 5.91 Å². The molecule has 1 aliphatic rings. The summed E-state index contributed by atoms with van der Waals surface area (Å²) in [6, 6.07) is 11.9. The zero-order chi connectivity index (χ0) is 18.2. The van der Waals surface area contributed by atoms with Crippen LogP contribution in [0.25, 0.3) is 0 Å². The Kier molecular flexibility index (Phi) is 7.05. The molecule has 0 saturated carbocycles. The average molecular weight is 372 g/mol. The van der Waals surface area contributed by atoms with Crippen molar-refractivity contribution in [3.8, 4) is 0 Å². The first-order valence-corrected chi connectivity index (χ1v) is 9.92. The molecule has 1 amide bonds. The number of amides is 1. The third-order valence-electron chi connectivity index (χ3n) is 4.30. The number of pyridine rings is 1. The second-order valence-corrected chi connectivity index (χ2v) is 7.47. The molecule has 2 aromatic rings. The van der Waals surface area contributed by atoms with Gasteiger partial charge in [-0.1, -0.05) is 29.8 Å². The number of hydrogen-bond acceptors (Lipinski definition) is 5. The van der Waals surface area contributed by atoms with Crippen molar-refractivity contribution >= 4 is 17.7 Å². The number of morpholine rings is 1. The summed E-state index contributed by atoms with van der Waals surface area (Å²) in [4.78, 5) is 19.1. The van der Waals surface area contributed by atoms with Gasteiger partial charge in [0.25, 0.3) is 5.91 Å². The van der Waals surface area contributed by atoms with Crippen LogP contribution in [-0.4, -0.2) is 54.4 Å². The Hall–Kier alpha value is -1.89. The molecule has 6 heteroatoms. The summed E-state index contributed by atoms with van der Waals surface area (Å²) in [5.41, 5.74) is 2.88. The fraction of sp³-hybridized carbons (Fsp3) is 0.400. The molecule has 2 heterocycles. The fourth-order valence-electron chi connectivity index (χ4n) is 2.81. The molecular formula is C20H25N3O2S. The van der Waals surface area contributed by atoms with Crippen LogP contribution in [0.4, 0.5) is 0 Å². The van der Waals surface area contributed by atoms with Crippen LogP contribution in [0.5, 0.6) is 0 Å². The van der Waals surface area contributed by atoms with Gasteiger partial charge in [-0.3, -0.25) is 9.69 Å². The van der Waals surface area contributed by atoms with E-state index in [0.29, 0.717) is 12.1 Å². The van der Waals surface area contributed by atoms with Crippen LogP contribution in [-0.2, 0) is 11.3 Å². The highest BCUT2D eigenvalue weighted by molar-refractivity contribution is 7.99. The van der Waals surface area contributed by atoms with E-state index in [1.54, 1.807) is 18.0 Å². The highest BCUT2D eigenvalue weighted by Gasteiger charge is 2.10. The highest BCUT2D eigenvalue weighted by Crippen LogP contribution is 2.16. The number of rotatable bonds is 7. The van der Waals surface area contributed by atoms with Crippen molar-refractivity contribution in [2.75, 3.05) is 38.6 Å². The van der Waals surface area contributed by atoms with E-state index in [1.165, 1.54) is 5.56 Å². The van der Waals surface area contributed by atoms with Crippen molar-refractivity contribution in [2.24, 2.45) is 0 Å². The van der Waals surface area contributed by atoms with Crippen LogP contribution < -0.4 is 5.32 Å². The molecule has 3 rings (SSSR count). The Morgan fingerprint density at radius 2 is 2.12 bits per heavy atom. The highest BCUT2D eigenvalue weighted by atomic mass is 32.2. The predicted molar refractivity (Wildman–Crippen MR) is 105 cm³/mol. The Morgan fingerprint density at radius 1 is 1.27 bits per heavy atom. The van der Waals surface area contributed by atoms with Crippen LogP contribution in [0.2, 0.25) is 0 Å². The Bertz CT molecular complexity index is 715. The topological polar surface area (TPSA) is 54.5 Å². The average Bonchev–Trinajstić information content (AvgIpc) is 2.68. The number of aromatic nitrogens is 1. The molecule has 5 nitrogen and oxygen atoms in total. The van der Waals surface area contributed by atoms with Crippen molar-refractivity contribution in [1.82, 2.24) is 15.2 Å². The predicted octanol–water partition coefficient (Wildman–Crippen LogP) is 2.74. The molecule has 1 fully saturated rings. The Morgan fingerprint density at radius 3 is 2.85 bits per heavy atom. The van der Waals surface area contributed by atoms with Crippen LogP contribution >= 0.6 is 11.8 Å². The molecule has 0 spiro atoms. The summed E-state index contributed by atoms with van der Waals surface area (Å²) in [5.74, 6) is 0.898. The number of thioether (sulfide) groups is 1. The van der Waals surface area contributed by atoms with Crippen LogP contribution in [0.15, 0.2) is 47.6 Å². The van der Waals surface area contributed by atoms with Crippen LogP contribution in [0, 0.1) is 6.92 Å². The Labute approximate surface area is 159 Å². The van der Waals surface area contributed by atoms with Gasteiger partial charge in [0.2, 0.25) is 0 Å². The minimum atomic E-state index is -0.0936. The standard InChI is InChI=1S/C20H25N3O2S/c1-16-3-2-4-17(13-16)14-22-20(24)18-5-6-19(21-15-18)26-12-9-23-7-10-25-11-8-23/h2-6,13,15H,7-12,14H2,1H3,(H,22,24). The molecule has 0 radical (unpaired) electrons. The van der Waals surface area contributed by atoms with E-state index >= 15 is 0 Å². The van der Waals surface area contributed by atoms with Gasteiger partial charge >= 0.3 is 0 Å². The zero-order valence-corrected chi connectivity index (χ0v) is 15.9. The van der Waals surface area contributed by atoms with Crippen molar-refractivity contribution in [1.29, 1.82) is 0 Å². The second-order valence-electron chi connectivity index (χ2n) is 6.36. The maximum Gasteiger partial charge on any atom is 0.253 e. The minimum absolute atomic E-state index is 0.0936. The van der Waals surface area contributed by atoms with Gasteiger partial charge in [-0.2, -0.15) is 0 Å². The van der Waals surface area contributed by atoms with Gasteiger partial charge in [0.05, 0.1) is 23.8 Å². The Balaban J connectivity index is 1.43. The van der Waals surface area contributed by atoms with E-state index in [0.717, 1.165) is 49.2 Å². The molecule has 1 aromatic carbocycles. The summed E-state index contributed by atoms with van der Waals surface area (Å²) in [6.07, 6.45) is 1.66. The third kappa shape index (κ3) is 5.83. The van der Waals surface area contributed by atoms with Gasteiger partial charge < -0.3 is 10.1 Å². The molecule has 26 heavy (non-hydrogen) atoms.